The summed E-state index contributed by atoms with van der Waals surface area (Å²) < 4.78 is 0. The zero-order valence-electron chi connectivity index (χ0n) is 18.1. The second-order valence-electron chi connectivity index (χ2n) is 11.2. The van der Waals surface area contributed by atoms with Crippen LogP contribution in [0.5, 0.6) is 0 Å². The van der Waals surface area contributed by atoms with Crippen molar-refractivity contribution < 1.29 is 5.11 Å². The quantitative estimate of drug-likeness (QED) is 0.571. The third-order valence-electron chi connectivity index (χ3n) is 9.88. The van der Waals surface area contributed by atoms with Crippen LogP contribution in [-0.4, -0.2) is 11.2 Å². The summed E-state index contributed by atoms with van der Waals surface area (Å²) in [7, 11) is 0. The molecule has 4 aliphatic carbocycles. The first-order valence-electron chi connectivity index (χ1n) is 11.9. The molecule has 7 atom stereocenters. The molecule has 4 aliphatic rings. The Balaban J connectivity index is 1.45. The molecule has 1 nitrogen and oxygen atoms in total. The van der Waals surface area contributed by atoms with Gasteiger partial charge in [-0.05, 0) is 92.1 Å². The van der Waals surface area contributed by atoms with Crippen LogP contribution in [0.25, 0.3) is 6.08 Å². The number of aryl methyl sites for hydroxylation is 1. The van der Waals surface area contributed by atoms with Crippen molar-refractivity contribution in [1.82, 2.24) is 0 Å². The van der Waals surface area contributed by atoms with Crippen LogP contribution < -0.4 is 0 Å². The van der Waals surface area contributed by atoms with Crippen molar-refractivity contribution in [1.29, 1.82) is 0 Å². The summed E-state index contributed by atoms with van der Waals surface area (Å²) in [4.78, 5) is 0. The van der Waals surface area contributed by atoms with Crippen molar-refractivity contribution in [3.63, 3.8) is 0 Å². The van der Waals surface area contributed by atoms with E-state index in [1.54, 1.807) is 0 Å². The normalized spacial score (nSPS) is 46.7. The molecule has 0 unspecified atom stereocenters. The summed E-state index contributed by atoms with van der Waals surface area (Å²) in [6.45, 7) is 7.19. The fraction of sp³-hybridized carbons (Fsp3) is 0.704. The summed E-state index contributed by atoms with van der Waals surface area (Å²) in [6.07, 6.45) is 14.4. The van der Waals surface area contributed by atoms with E-state index in [0.717, 1.165) is 24.2 Å². The van der Waals surface area contributed by atoms with E-state index in [1.807, 2.05) is 0 Å². The van der Waals surface area contributed by atoms with Gasteiger partial charge in [-0.25, -0.2) is 0 Å². The minimum atomic E-state index is -0.253. The van der Waals surface area contributed by atoms with Gasteiger partial charge in [0, 0.05) is 5.41 Å². The molecule has 0 bridgehead atoms. The Morgan fingerprint density at radius 1 is 0.893 bits per heavy atom. The van der Waals surface area contributed by atoms with Crippen molar-refractivity contribution in [2.75, 3.05) is 0 Å². The lowest BCUT2D eigenvalue weighted by molar-refractivity contribution is -0.119. The maximum absolute atomic E-state index is 11.4. The fourth-order valence-electron chi connectivity index (χ4n) is 8.17. The third-order valence-corrected chi connectivity index (χ3v) is 9.88. The van der Waals surface area contributed by atoms with Gasteiger partial charge in [0.05, 0.1) is 6.10 Å². The van der Waals surface area contributed by atoms with Crippen molar-refractivity contribution in [2.24, 2.45) is 34.5 Å². The Morgan fingerprint density at radius 2 is 1.68 bits per heavy atom. The summed E-state index contributed by atoms with van der Waals surface area (Å²) in [5.41, 5.74) is 4.52. The number of rotatable bonds is 1. The summed E-state index contributed by atoms with van der Waals surface area (Å²) in [6, 6.07) is 8.78. The second kappa shape index (κ2) is 6.73. The molecule has 0 amide bonds. The highest BCUT2D eigenvalue weighted by molar-refractivity contribution is 5.56. The summed E-state index contributed by atoms with van der Waals surface area (Å²) >= 11 is 0. The molecule has 0 radical (unpaired) electrons. The minimum Gasteiger partial charge on any atom is -0.388 e. The van der Waals surface area contributed by atoms with Crippen molar-refractivity contribution in [3.8, 4) is 0 Å². The van der Waals surface area contributed by atoms with Crippen LogP contribution in [0.4, 0.5) is 0 Å². The highest BCUT2D eigenvalue weighted by atomic mass is 16.3. The number of aliphatic hydroxyl groups excluding tert-OH is 1. The molecule has 5 rings (SSSR count). The molecule has 1 N–H and O–H groups in total. The molecule has 4 saturated carbocycles. The Bertz CT molecular complexity index is 761. The number of benzene rings is 1. The predicted octanol–water partition coefficient (Wildman–Crippen LogP) is 6.78. The van der Waals surface area contributed by atoms with E-state index in [2.05, 4.69) is 51.1 Å². The first-order chi connectivity index (χ1) is 13.4. The second-order valence-corrected chi connectivity index (χ2v) is 11.2. The maximum atomic E-state index is 11.4. The first-order valence-corrected chi connectivity index (χ1v) is 11.9. The van der Waals surface area contributed by atoms with Crippen LogP contribution in [0.3, 0.4) is 0 Å². The fourth-order valence-corrected chi connectivity index (χ4v) is 8.17. The van der Waals surface area contributed by atoms with Crippen LogP contribution in [0.15, 0.2) is 29.8 Å². The van der Waals surface area contributed by atoms with Gasteiger partial charge in [-0.15, -0.1) is 0 Å². The minimum absolute atomic E-state index is 0.0928. The molecule has 0 aromatic heterocycles. The summed E-state index contributed by atoms with van der Waals surface area (Å²) in [5.74, 6) is 3.38. The van der Waals surface area contributed by atoms with E-state index in [0.29, 0.717) is 11.3 Å². The molecule has 1 heteroatoms. The smallest absolute Gasteiger partial charge is 0.0809 e. The average Bonchev–Trinajstić information content (AvgIpc) is 2.94. The van der Waals surface area contributed by atoms with Gasteiger partial charge in [-0.3, -0.25) is 0 Å². The van der Waals surface area contributed by atoms with Crippen molar-refractivity contribution in [2.45, 2.75) is 84.7 Å². The molecular formula is C27H38O. The van der Waals surface area contributed by atoms with Gasteiger partial charge in [0.2, 0.25) is 0 Å². The molecule has 4 fully saturated rings. The van der Waals surface area contributed by atoms with Crippen LogP contribution >= 0.6 is 0 Å². The Kier molecular flexibility index (Phi) is 4.54. The number of aliphatic hydroxyl groups is 1. The van der Waals surface area contributed by atoms with Gasteiger partial charge in [0.1, 0.15) is 0 Å². The molecule has 1 aromatic rings. The van der Waals surface area contributed by atoms with Crippen molar-refractivity contribution in [3.05, 3.63) is 41.0 Å². The van der Waals surface area contributed by atoms with E-state index in [-0.39, 0.29) is 11.5 Å². The average molecular weight is 379 g/mol. The van der Waals surface area contributed by atoms with E-state index in [9.17, 15) is 5.11 Å². The van der Waals surface area contributed by atoms with Gasteiger partial charge in [0.15, 0.2) is 0 Å². The monoisotopic (exact) mass is 378 g/mol. The van der Waals surface area contributed by atoms with Crippen molar-refractivity contribution >= 4 is 6.08 Å². The Morgan fingerprint density at radius 3 is 2.46 bits per heavy atom. The summed E-state index contributed by atoms with van der Waals surface area (Å²) in [5, 5.41) is 11.4. The van der Waals surface area contributed by atoms with Crippen LogP contribution in [0, 0.1) is 41.4 Å². The third kappa shape index (κ3) is 2.76. The molecule has 0 saturated heterocycles. The standard InChI is InChI=1S/C27H38O/c1-18-7-9-19(10-8-18)16-20-17-24-22-12-11-21-6-4-5-14-26(21,2)23(22)13-15-27(24,3)25(20)28/h7-10,16,21-25,28H,4-6,11-15,17H2,1-3H3/b20-16+/t21-,22+,23-,24-,25+,26-,27-/m0/s1. The topological polar surface area (TPSA) is 20.2 Å². The Hall–Kier alpha value is -1.08. The highest BCUT2D eigenvalue weighted by Crippen LogP contribution is 2.67. The van der Waals surface area contributed by atoms with Crippen LogP contribution in [-0.2, 0) is 0 Å². The SMILES string of the molecule is Cc1ccc(/C=C2\C[C@H]3[C@@H]4CC[C@@H]5CCCC[C@]5(C)[C@H]4CC[C@]3(C)[C@@H]2O)cc1. The molecule has 1 aromatic carbocycles. The largest absolute Gasteiger partial charge is 0.388 e. The van der Waals surface area contributed by atoms with E-state index in [4.69, 9.17) is 0 Å². The first kappa shape index (κ1) is 18.9. The molecule has 28 heavy (non-hydrogen) atoms. The molecular weight excluding hydrogens is 340 g/mol. The van der Waals surface area contributed by atoms with Gasteiger partial charge in [-0.1, -0.05) is 62.6 Å². The van der Waals surface area contributed by atoms with Gasteiger partial charge < -0.3 is 5.11 Å². The number of hydrogen-bond acceptors (Lipinski definition) is 1. The highest BCUT2D eigenvalue weighted by Gasteiger charge is 2.60. The van der Waals surface area contributed by atoms with E-state index >= 15 is 0 Å². The van der Waals surface area contributed by atoms with E-state index < -0.39 is 0 Å². The lowest BCUT2D eigenvalue weighted by Crippen LogP contribution is -2.53. The van der Waals surface area contributed by atoms with Gasteiger partial charge in [0.25, 0.3) is 0 Å². The van der Waals surface area contributed by atoms with Crippen LogP contribution in [0.1, 0.15) is 82.8 Å². The molecule has 152 valence electrons. The maximum Gasteiger partial charge on any atom is 0.0809 e. The zero-order valence-corrected chi connectivity index (χ0v) is 18.1. The van der Waals surface area contributed by atoms with Gasteiger partial charge >= 0.3 is 0 Å². The molecule has 0 spiro atoms. The number of fused-ring (bicyclic) bond motifs is 5. The molecule has 0 aliphatic heterocycles. The zero-order chi connectivity index (χ0) is 19.5. The molecule has 0 heterocycles. The van der Waals surface area contributed by atoms with Gasteiger partial charge in [-0.2, -0.15) is 0 Å². The number of hydrogen-bond donors (Lipinski definition) is 1. The predicted molar refractivity (Wildman–Crippen MR) is 117 cm³/mol. The van der Waals surface area contributed by atoms with Crippen LogP contribution in [0.2, 0.25) is 0 Å². The lowest BCUT2D eigenvalue weighted by Gasteiger charge is -2.60. The van der Waals surface area contributed by atoms with E-state index in [1.165, 1.54) is 68.1 Å². The lowest BCUT2D eigenvalue weighted by atomic mass is 9.45. The Labute approximate surface area is 171 Å².